The highest BCUT2D eigenvalue weighted by molar-refractivity contribution is 7.85. The maximum Gasteiger partial charge on any atom is 0.310 e. The molecule has 1 unspecified atom stereocenters. The fourth-order valence-electron chi connectivity index (χ4n) is 1.07. The predicted octanol–water partition coefficient (Wildman–Crippen LogP) is 1.61. The Kier molecular flexibility index (Phi) is 3.70. The third-order valence-corrected chi connectivity index (χ3v) is 3.95. The van der Waals surface area contributed by atoms with Gasteiger partial charge in [-0.3, -0.25) is 9.00 Å². The summed E-state index contributed by atoms with van der Waals surface area (Å²) in [5.74, 6) is -0.828. The van der Waals surface area contributed by atoms with Crippen molar-refractivity contribution >= 4 is 16.8 Å². The first-order chi connectivity index (χ1) is 7.33. The number of hydrogen-bond donors (Lipinski definition) is 2. The van der Waals surface area contributed by atoms with Crippen molar-refractivity contribution in [1.29, 1.82) is 0 Å². The Morgan fingerprint density at radius 2 is 1.81 bits per heavy atom. The molecule has 0 saturated heterocycles. The zero-order valence-corrected chi connectivity index (χ0v) is 9.95. The van der Waals surface area contributed by atoms with Gasteiger partial charge >= 0.3 is 5.97 Å². The molecule has 0 amide bonds. The van der Waals surface area contributed by atoms with Crippen LogP contribution in [0.1, 0.15) is 13.8 Å². The molecule has 5 heteroatoms. The van der Waals surface area contributed by atoms with Gasteiger partial charge in [0.2, 0.25) is 0 Å². The number of hydrogen-bond acceptors (Lipinski definition) is 3. The van der Waals surface area contributed by atoms with Crippen molar-refractivity contribution in [1.82, 2.24) is 0 Å². The molecule has 0 saturated carbocycles. The van der Waals surface area contributed by atoms with E-state index in [4.69, 9.17) is 10.2 Å². The molecule has 0 heterocycles. The quantitative estimate of drug-likeness (QED) is 0.841. The lowest BCUT2D eigenvalue weighted by molar-refractivity contribution is -0.145. The molecular formula is C11H14O4S. The molecule has 0 radical (unpaired) electrons. The van der Waals surface area contributed by atoms with Crippen LogP contribution in [0.4, 0.5) is 0 Å². The van der Waals surface area contributed by atoms with Crippen LogP contribution in [-0.4, -0.2) is 26.1 Å². The molecule has 16 heavy (non-hydrogen) atoms. The first-order valence-corrected chi connectivity index (χ1v) is 6.05. The molecule has 0 spiro atoms. The number of phenolic OH excluding ortho intramolecular Hbond substituents is 1. The van der Waals surface area contributed by atoms with E-state index in [1.807, 2.05) is 0 Å². The zero-order chi connectivity index (χ0) is 12.3. The lowest BCUT2D eigenvalue weighted by Crippen LogP contribution is -2.30. The van der Waals surface area contributed by atoms with E-state index in [2.05, 4.69) is 0 Å². The molecule has 4 nitrogen and oxygen atoms in total. The summed E-state index contributed by atoms with van der Waals surface area (Å²) in [6.45, 7) is 3.07. The highest BCUT2D eigenvalue weighted by atomic mass is 32.2. The van der Waals surface area contributed by atoms with Gasteiger partial charge in [-0.25, -0.2) is 0 Å². The summed E-state index contributed by atoms with van der Waals surface area (Å²) in [6, 6.07) is 5.93. The second kappa shape index (κ2) is 4.65. The van der Waals surface area contributed by atoms with E-state index in [1.54, 1.807) is 0 Å². The summed E-state index contributed by atoms with van der Waals surface area (Å²) in [5.41, 5.74) is -1.03. The van der Waals surface area contributed by atoms with Crippen molar-refractivity contribution in [3.63, 3.8) is 0 Å². The minimum atomic E-state index is -1.37. The number of carboxylic acids is 1. The van der Waals surface area contributed by atoms with Gasteiger partial charge in [0.1, 0.15) is 5.75 Å². The number of aliphatic carboxylic acids is 1. The van der Waals surface area contributed by atoms with Gasteiger partial charge in [-0.1, -0.05) is 0 Å². The number of carboxylic acid groups (broad SMARTS) is 1. The van der Waals surface area contributed by atoms with Crippen molar-refractivity contribution in [2.45, 2.75) is 18.7 Å². The molecule has 0 fully saturated rings. The van der Waals surface area contributed by atoms with Crippen molar-refractivity contribution in [2.24, 2.45) is 5.41 Å². The van der Waals surface area contributed by atoms with Gasteiger partial charge in [0.15, 0.2) is 0 Å². The smallest absolute Gasteiger partial charge is 0.310 e. The first-order valence-electron chi connectivity index (χ1n) is 4.74. The number of carbonyl (C=O) groups is 1. The number of phenols is 1. The molecule has 0 aromatic heterocycles. The highest BCUT2D eigenvalue weighted by Crippen LogP contribution is 2.21. The van der Waals surface area contributed by atoms with Crippen molar-refractivity contribution in [3.05, 3.63) is 24.3 Å². The Morgan fingerprint density at radius 1 is 1.31 bits per heavy atom. The molecule has 2 N–H and O–H groups in total. The molecule has 88 valence electrons. The molecular weight excluding hydrogens is 228 g/mol. The van der Waals surface area contributed by atoms with Gasteiger partial charge in [-0.2, -0.15) is 0 Å². The maximum atomic E-state index is 11.8. The van der Waals surface area contributed by atoms with Gasteiger partial charge in [0.05, 0.1) is 16.2 Å². The van der Waals surface area contributed by atoms with Crippen LogP contribution in [0.2, 0.25) is 0 Å². The number of aromatic hydroxyl groups is 1. The van der Waals surface area contributed by atoms with E-state index in [1.165, 1.54) is 38.1 Å². The molecule has 0 bridgehead atoms. The van der Waals surface area contributed by atoms with E-state index >= 15 is 0 Å². The largest absolute Gasteiger partial charge is 0.508 e. The summed E-state index contributed by atoms with van der Waals surface area (Å²) in [5, 5.41) is 18.0. The second-order valence-electron chi connectivity index (χ2n) is 4.17. The first kappa shape index (κ1) is 12.7. The van der Waals surface area contributed by atoms with E-state index in [0.717, 1.165) is 0 Å². The molecule has 1 rings (SSSR count). The molecule has 1 aromatic rings. The van der Waals surface area contributed by atoms with Gasteiger partial charge in [0, 0.05) is 10.6 Å². The molecule has 0 aliphatic rings. The van der Waals surface area contributed by atoms with Gasteiger partial charge < -0.3 is 10.2 Å². The predicted molar refractivity (Wildman–Crippen MR) is 60.8 cm³/mol. The van der Waals surface area contributed by atoms with Crippen LogP contribution in [-0.2, 0) is 15.6 Å². The van der Waals surface area contributed by atoms with Crippen LogP contribution in [0, 0.1) is 5.41 Å². The van der Waals surface area contributed by atoms with Crippen LogP contribution >= 0.6 is 0 Å². The van der Waals surface area contributed by atoms with E-state index in [9.17, 15) is 9.00 Å². The summed E-state index contributed by atoms with van der Waals surface area (Å²) in [7, 11) is -1.37. The van der Waals surface area contributed by atoms with Crippen molar-refractivity contribution in [2.75, 3.05) is 5.75 Å². The van der Waals surface area contributed by atoms with Crippen LogP contribution in [0.3, 0.4) is 0 Å². The lowest BCUT2D eigenvalue weighted by Gasteiger charge is -2.18. The summed E-state index contributed by atoms with van der Waals surface area (Å²) in [6.07, 6.45) is 0. The summed E-state index contributed by atoms with van der Waals surface area (Å²) < 4.78 is 11.8. The Hall–Kier alpha value is -1.36. The summed E-state index contributed by atoms with van der Waals surface area (Å²) in [4.78, 5) is 11.4. The highest BCUT2D eigenvalue weighted by Gasteiger charge is 2.29. The monoisotopic (exact) mass is 242 g/mol. The minimum Gasteiger partial charge on any atom is -0.508 e. The van der Waals surface area contributed by atoms with Gasteiger partial charge in [0.25, 0.3) is 0 Å². The van der Waals surface area contributed by atoms with Crippen LogP contribution in [0.25, 0.3) is 0 Å². The van der Waals surface area contributed by atoms with Crippen molar-refractivity contribution < 1.29 is 19.2 Å². The molecule has 0 aliphatic carbocycles. The number of rotatable bonds is 4. The Bertz CT molecular complexity index is 408. The topological polar surface area (TPSA) is 74.6 Å². The third-order valence-electron chi connectivity index (χ3n) is 2.17. The van der Waals surface area contributed by atoms with Gasteiger partial charge in [-0.15, -0.1) is 0 Å². The second-order valence-corrected chi connectivity index (χ2v) is 5.62. The van der Waals surface area contributed by atoms with E-state index in [-0.39, 0.29) is 11.5 Å². The van der Waals surface area contributed by atoms with Crippen LogP contribution in [0.15, 0.2) is 29.2 Å². The maximum absolute atomic E-state index is 11.8. The van der Waals surface area contributed by atoms with Gasteiger partial charge in [-0.05, 0) is 38.1 Å². The van der Waals surface area contributed by atoms with Crippen LogP contribution < -0.4 is 0 Å². The normalized spacial score (nSPS) is 13.4. The van der Waals surface area contributed by atoms with E-state index in [0.29, 0.717) is 4.90 Å². The Balaban J connectivity index is 2.81. The summed E-state index contributed by atoms with van der Waals surface area (Å²) >= 11 is 0. The minimum absolute atomic E-state index is 0.0487. The fourth-order valence-corrected chi connectivity index (χ4v) is 2.46. The Labute approximate surface area is 96.4 Å². The molecule has 1 aromatic carbocycles. The SMILES string of the molecule is CC(C)(CS(=O)c1ccc(O)cc1)C(=O)O. The standard InChI is InChI=1S/C11H14O4S/c1-11(2,10(13)14)7-16(15)9-5-3-8(12)4-6-9/h3-6,12H,7H2,1-2H3,(H,13,14). The number of benzene rings is 1. The average molecular weight is 242 g/mol. The fraction of sp³-hybridized carbons (Fsp3) is 0.364. The van der Waals surface area contributed by atoms with E-state index < -0.39 is 22.2 Å². The average Bonchev–Trinajstić information content (AvgIpc) is 2.17. The zero-order valence-electron chi connectivity index (χ0n) is 9.14. The lowest BCUT2D eigenvalue weighted by atomic mass is 9.97. The molecule has 1 atom stereocenters. The van der Waals surface area contributed by atoms with Crippen molar-refractivity contribution in [3.8, 4) is 5.75 Å². The van der Waals surface area contributed by atoms with Crippen LogP contribution in [0.5, 0.6) is 5.75 Å². The molecule has 0 aliphatic heterocycles. The Morgan fingerprint density at radius 3 is 2.25 bits per heavy atom. The third kappa shape index (κ3) is 3.06.